The highest BCUT2D eigenvalue weighted by molar-refractivity contribution is 6.04. The predicted octanol–water partition coefficient (Wildman–Crippen LogP) is 2.76. The number of halogens is 3. The molecule has 178 valence electrons. The highest BCUT2D eigenvalue weighted by Crippen LogP contribution is 2.25. The maximum absolute atomic E-state index is 12.7. The minimum atomic E-state index is -0.538. The van der Waals surface area contributed by atoms with Crippen LogP contribution >= 0.6 is 37.2 Å². The lowest BCUT2D eigenvalue weighted by Gasteiger charge is -2.34. The quantitative estimate of drug-likeness (QED) is 0.657. The third-order valence-corrected chi connectivity index (χ3v) is 5.35. The number of nitrogens with one attached hydrogen (secondary N) is 2. The maximum Gasteiger partial charge on any atom is 0.435 e. The molecular formula is C20H29Cl3N6O3. The van der Waals surface area contributed by atoms with Crippen molar-refractivity contribution in [2.75, 3.05) is 50.1 Å². The van der Waals surface area contributed by atoms with E-state index in [0.717, 1.165) is 43.1 Å². The summed E-state index contributed by atoms with van der Waals surface area (Å²) in [6.07, 6.45) is -0.538. The summed E-state index contributed by atoms with van der Waals surface area (Å²) < 4.78 is 6.27. The van der Waals surface area contributed by atoms with Gasteiger partial charge in [0.05, 0.1) is 12.3 Å². The largest absolute Gasteiger partial charge is 0.448 e. The van der Waals surface area contributed by atoms with Gasteiger partial charge in [-0.1, -0.05) is 0 Å². The number of aromatic nitrogens is 2. The van der Waals surface area contributed by atoms with E-state index in [9.17, 15) is 9.59 Å². The van der Waals surface area contributed by atoms with Crippen LogP contribution in [0.5, 0.6) is 0 Å². The normalized spacial score (nSPS) is 15.0. The van der Waals surface area contributed by atoms with E-state index in [1.54, 1.807) is 6.92 Å². The fraction of sp³-hybridized carbons (Fsp3) is 0.450. The first kappa shape index (κ1) is 28.0. The Morgan fingerprint density at radius 2 is 1.72 bits per heavy atom. The van der Waals surface area contributed by atoms with Crippen LogP contribution < -0.4 is 15.5 Å². The molecule has 4 rings (SSSR count). The minimum Gasteiger partial charge on any atom is -0.448 e. The predicted molar refractivity (Wildman–Crippen MR) is 131 cm³/mol. The molecule has 1 amide bonds. The second-order valence-electron chi connectivity index (χ2n) is 7.28. The Labute approximate surface area is 206 Å². The second kappa shape index (κ2) is 12.3. The van der Waals surface area contributed by atoms with E-state index in [4.69, 9.17) is 4.74 Å². The van der Waals surface area contributed by atoms with Crippen molar-refractivity contribution in [1.82, 2.24) is 20.0 Å². The van der Waals surface area contributed by atoms with Crippen molar-refractivity contribution in [1.29, 1.82) is 0 Å². The molecule has 2 N–H and O–H groups in total. The second-order valence-corrected chi connectivity index (χ2v) is 7.28. The van der Waals surface area contributed by atoms with Crippen LogP contribution in [0, 0.1) is 0 Å². The molecule has 32 heavy (non-hydrogen) atoms. The summed E-state index contributed by atoms with van der Waals surface area (Å²) in [5.41, 5.74) is 3.21. The van der Waals surface area contributed by atoms with Gasteiger partial charge in [0.15, 0.2) is 5.82 Å². The zero-order valence-corrected chi connectivity index (χ0v) is 20.4. The van der Waals surface area contributed by atoms with Gasteiger partial charge in [0.25, 0.3) is 5.91 Å². The molecule has 12 heteroatoms. The lowest BCUT2D eigenvalue weighted by molar-refractivity contribution is 0.102. The van der Waals surface area contributed by atoms with Gasteiger partial charge >= 0.3 is 6.09 Å². The van der Waals surface area contributed by atoms with Crippen molar-refractivity contribution in [2.45, 2.75) is 20.0 Å². The first-order valence-corrected chi connectivity index (χ1v) is 9.90. The Balaban J connectivity index is 0.00000171. The molecule has 1 fully saturated rings. The summed E-state index contributed by atoms with van der Waals surface area (Å²) in [7, 11) is 2.13. The monoisotopic (exact) mass is 506 g/mol. The molecule has 0 unspecified atom stereocenters. The zero-order chi connectivity index (χ0) is 20.4. The van der Waals surface area contributed by atoms with Crippen LogP contribution in [-0.2, 0) is 17.8 Å². The van der Waals surface area contributed by atoms with Gasteiger partial charge in [-0.25, -0.2) is 4.79 Å². The molecule has 2 aliphatic rings. The average Bonchev–Trinajstić information content (AvgIpc) is 3.33. The summed E-state index contributed by atoms with van der Waals surface area (Å²) in [6.45, 7) is 7.09. The number of carbonyl (C=O) groups excluding carboxylic acids is 2. The number of benzene rings is 1. The summed E-state index contributed by atoms with van der Waals surface area (Å²) in [6, 6.07) is 7.60. The molecule has 0 atom stereocenters. The Morgan fingerprint density at radius 3 is 2.34 bits per heavy atom. The summed E-state index contributed by atoms with van der Waals surface area (Å²) in [4.78, 5) is 29.5. The standard InChI is InChI=1S/C20H26N6O3.3ClH/c1-3-29-20(28)26-17-13-21-12-16(17)18(23-26)22-19(27)14-4-6-15(7-5-14)25-10-8-24(2)9-11-25;;;/h4-7,21H,3,8-13H2,1-2H3,(H,22,23,27);3*1H. The van der Waals surface area contributed by atoms with Gasteiger partial charge in [-0.15, -0.1) is 42.3 Å². The number of carbonyl (C=O) groups is 2. The van der Waals surface area contributed by atoms with Gasteiger partial charge in [0.1, 0.15) is 0 Å². The Bertz CT molecular complexity index is 914. The number of hydrogen-bond donors (Lipinski definition) is 2. The topological polar surface area (TPSA) is 91.7 Å². The fourth-order valence-corrected chi connectivity index (χ4v) is 3.66. The van der Waals surface area contributed by atoms with Gasteiger partial charge in [0.2, 0.25) is 0 Å². The number of likely N-dealkylation sites (N-methyl/N-ethyl adjacent to an activating group) is 1. The van der Waals surface area contributed by atoms with E-state index >= 15 is 0 Å². The molecule has 0 bridgehead atoms. The van der Waals surface area contributed by atoms with Crippen LogP contribution in [0.4, 0.5) is 16.3 Å². The number of fused-ring (bicyclic) bond motifs is 1. The Hall–Kier alpha value is -2.04. The number of hydrogen-bond acceptors (Lipinski definition) is 7. The molecule has 1 aromatic heterocycles. The van der Waals surface area contributed by atoms with Crippen molar-refractivity contribution in [3.8, 4) is 0 Å². The third kappa shape index (κ3) is 5.85. The molecule has 0 aliphatic carbocycles. The first-order valence-electron chi connectivity index (χ1n) is 9.90. The molecule has 0 radical (unpaired) electrons. The van der Waals surface area contributed by atoms with Crippen LogP contribution in [0.15, 0.2) is 24.3 Å². The van der Waals surface area contributed by atoms with Crippen LogP contribution in [-0.4, -0.2) is 66.5 Å². The number of amides is 1. The molecule has 2 aromatic rings. The van der Waals surface area contributed by atoms with E-state index in [1.807, 2.05) is 24.3 Å². The molecule has 0 spiro atoms. The minimum absolute atomic E-state index is 0. The molecule has 1 aromatic carbocycles. The van der Waals surface area contributed by atoms with Crippen molar-refractivity contribution < 1.29 is 14.3 Å². The molecular weight excluding hydrogens is 479 g/mol. The van der Waals surface area contributed by atoms with Crippen LogP contribution in [0.3, 0.4) is 0 Å². The summed E-state index contributed by atoms with van der Waals surface area (Å²) in [5.74, 6) is 0.143. The van der Waals surface area contributed by atoms with Crippen LogP contribution in [0.2, 0.25) is 0 Å². The SMILES string of the molecule is CCOC(=O)n1nc(NC(=O)c2ccc(N3CCN(C)CC3)cc2)c2c1CNC2.Cl.Cl.Cl. The average molecular weight is 508 g/mol. The lowest BCUT2D eigenvalue weighted by atomic mass is 10.1. The van der Waals surface area contributed by atoms with Crippen molar-refractivity contribution in [3.63, 3.8) is 0 Å². The van der Waals surface area contributed by atoms with Gasteiger partial charge in [-0.05, 0) is 38.2 Å². The third-order valence-electron chi connectivity index (χ3n) is 5.35. The van der Waals surface area contributed by atoms with E-state index in [-0.39, 0.29) is 49.7 Å². The van der Waals surface area contributed by atoms with Crippen molar-refractivity contribution in [2.24, 2.45) is 0 Å². The van der Waals surface area contributed by atoms with Crippen LogP contribution in [0.25, 0.3) is 0 Å². The van der Waals surface area contributed by atoms with Gasteiger partial charge in [-0.2, -0.15) is 4.68 Å². The zero-order valence-electron chi connectivity index (χ0n) is 18.0. The number of rotatable bonds is 4. The summed E-state index contributed by atoms with van der Waals surface area (Å²) in [5, 5.41) is 10.3. The number of piperazine rings is 1. The van der Waals surface area contributed by atoms with Crippen LogP contribution in [0.1, 0.15) is 28.5 Å². The molecule has 9 nitrogen and oxygen atoms in total. The lowest BCUT2D eigenvalue weighted by Crippen LogP contribution is -2.44. The summed E-state index contributed by atoms with van der Waals surface area (Å²) >= 11 is 0. The maximum atomic E-state index is 12.7. The fourth-order valence-electron chi connectivity index (χ4n) is 3.66. The smallest absolute Gasteiger partial charge is 0.435 e. The Kier molecular flexibility index (Phi) is 10.7. The van der Waals surface area contributed by atoms with Crippen molar-refractivity contribution in [3.05, 3.63) is 41.1 Å². The van der Waals surface area contributed by atoms with Gasteiger partial charge in [-0.3, -0.25) is 4.79 Å². The highest BCUT2D eigenvalue weighted by Gasteiger charge is 2.27. The highest BCUT2D eigenvalue weighted by atomic mass is 35.5. The van der Waals surface area contributed by atoms with E-state index in [2.05, 4.69) is 32.6 Å². The van der Waals surface area contributed by atoms with Crippen molar-refractivity contribution >= 4 is 60.7 Å². The van der Waals surface area contributed by atoms with E-state index in [0.29, 0.717) is 24.5 Å². The number of nitrogens with zero attached hydrogens (tertiary/aromatic N) is 4. The number of anilines is 2. The molecule has 0 saturated carbocycles. The van der Waals surface area contributed by atoms with E-state index in [1.165, 1.54) is 4.68 Å². The van der Waals surface area contributed by atoms with Gasteiger partial charge < -0.3 is 25.2 Å². The van der Waals surface area contributed by atoms with Gasteiger partial charge in [0, 0.05) is 56.1 Å². The number of ether oxygens (including phenoxy) is 1. The molecule has 2 aliphatic heterocycles. The Morgan fingerprint density at radius 1 is 1.06 bits per heavy atom. The first-order chi connectivity index (χ1) is 14.1. The van der Waals surface area contributed by atoms with E-state index < -0.39 is 6.09 Å². The molecule has 3 heterocycles. The molecule has 1 saturated heterocycles.